The van der Waals surface area contributed by atoms with Gasteiger partial charge < -0.3 is 4.57 Å². The highest BCUT2D eigenvalue weighted by atomic mass is 15.2. The molecule has 0 N–H and O–H groups in total. The fraction of sp³-hybridized carbons (Fsp3) is 0.0638. The largest absolute Gasteiger partial charge is 0.309 e. The Morgan fingerprint density at radius 2 is 1.26 bits per heavy atom. The molecule has 0 bridgehead atoms. The molecule has 53 heavy (non-hydrogen) atoms. The van der Waals surface area contributed by atoms with Crippen LogP contribution in [-0.2, 0) is 0 Å². The summed E-state index contributed by atoms with van der Waals surface area (Å²) < 4.78 is 4.53. The summed E-state index contributed by atoms with van der Waals surface area (Å²) in [7, 11) is 0. The van der Waals surface area contributed by atoms with Crippen molar-refractivity contribution in [1.29, 1.82) is 5.26 Å². The lowest BCUT2D eigenvalue weighted by Gasteiger charge is -2.12. The molecule has 0 saturated heterocycles. The third-order valence-corrected chi connectivity index (χ3v) is 10.9. The van der Waals surface area contributed by atoms with Crippen LogP contribution in [0.15, 0.2) is 158 Å². The highest BCUT2D eigenvalue weighted by Gasteiger charge is 2.35. The first-order valence-electron chi connectivity index (χ1n) is 18.0. The van der Waals surface area contributed by atoms with E-state index in [1.165, 1.54) is 28.2 Å². The van der Waals surface area contributed by atoms with Gasteiger partial charge in [0, 0.05) is 38.4 Å². The highest BCUT2D eigenvalue weighted by Crippen LogP contribution is 2.46. The van der Waals surface area contributed by atoms with Crippen molar-refractivity contribution in [3.63, 3.8) is 0 Å². The van der Waals surface area contributed by atoms with Crippen LogP contribution in [-0.4, -0.2) is 24.1 Å². The Hall–Kier alpha value is -7.10. The molecule has 3 heterocycles. The second-order valence-corrected chi connectivity index (χ2v) is 14.0. The van der Waals surface area contributed by atoms with E-state index in [1.54, 1.807) is 0 Å². The average Bonchev–Trinajstić information content (AvgIpc) is 3.83. The molecule has 6 nitrogen and oxygen atoms in total. The lowest BCUT2D eigenvalue weighted by atomic mass is 9.98. The van der Waals surface area contributed by atoms with Gasteiger partial charge in [-0.15, -0.1) is 0 Å². The Kier molecular flexibility index (Phi) is 6.40. The fourth-order valence-corrected chi connectivity index (χ4v) is 8.20. The van der Waals surface area contributed by atoms with Crippen molar-refractivity contribution in [3.05, 3.63) is 169 Å². The molecule has 2 atom stereocenters. The zero-order valence-corrected chi connectivity index (χ0v) is 28.6. The lowest BCUT2D eigenvalue weighted by Crippen LogP contribution is -2.08. The Balaban J connectivity index is 1.14. The Labute approximate surface area is 305 Å². The molecule has 6 heteroatoms. The first-order valence-corrected chi connectivity index (χ1v) is 18.0. The predicted molar refractivity (Wildman–Crippen MR) is 213 cm³/mol. The summed E-state index contributed by atoms with van der Waals surface area (Å²) >= 11 is 0. The Bertz CT molecular complexity index is 3050. The summed E-state index contributed by atoms with van der Waals surface area (Å²) in [6, 6.07) is 50.8. The van der Waals surface area contributed by atoms with Crippen molar-refractivity contribution in [1.82, 2.24) is 24.1 Å². The summed E-state index contributed by atoms with van der Waals surface area (Å²) in [5, 5.41) is 14.2. The van der Waals surface area contributed by atoms with E-state index in [0.717, 1.165) is 49.8 Å². The van der Waals surface area contributed by atoms with E-state index in [-0.39, 0.29) is 0 Å². The zero-order valence-electron chi connectivity index (χ0n) is 28.6. The number of para-hydroxylation sites is 3. The normalized spacial score (nSPS) is 16.2. The molecule has 0 radical (unpaired) electrons. The molecule has 1 fully saturated rings. The monoisotopic (exact) mass is 678 g/mol. The number of fused-ring (bicyclic) bond motifs is 7. The van der Waals surface area contributed by atoms with Gasteiger partial charge in [-0.2, -0.15) is 15.2 Å². The van der Waals surface area contributed by atoms with Gasteiger partial charge in [0.25, 0.3) is 0 Å². The topological polar surface area (TPSA) is 72.3 Å². The Morgan fingerprint density at radius 1 is 0.566 bits per heavy atom. The number of benzene rings is 6. The first kappa shape index (κ1) is 29.6. The van der Waals surface area contributed by atoms with Gasteiger partial charge in [-0.05, 0) is 96.1 Å². The minimum Gasteiger partial charge on any atom is -0.309 e. The van der Waals surface area contributed by atoms with Crippen LogP contribution in [0.2, 0.25) is 0 Å². The third kappa shape index (κ3) is 4.68. The molecule has 2 aliphatic rings. The molecule has 1 saturated carbocycles. The number of allylic oxidation sites excluding steroid dienone is 4. The van der Waals surface area contributed by atoms with Gasteiger partial charge in [-0.1, -0.05) is 91.0 Å². The minimum absolute atomic E-state index is 0.545. The smallest absolute Gasteiger partial charge is 0.238 e. The first-order chi connectivity index (χ1) is 26.2. The van der Waals surface area contributed by atoms with Gasteiger partial charge in [0.05, 0.1) is 33.7 Å². The molecule has 0 spiro atoms. The lowest BCUT2D eigenvalue weighted by molar-refractivity contribution is 0.923. The molecular weight excluding hydrogens is 649 g/mol. The molecule has 2 unspecified atom stereocenters. The molecule has 0 aliphatic heterocycles. The summed E-state index contributed by atoms with van der Waals surface area (Å²) in [5.41, 5.74) is 10.3. The van der Waals surface area contributed by atoms with Crippen molar-refractivity contribution in [2.45, 2.75) is 6.42 Å². The fourth-order valence-electron chi connectivity index (χ4n) is 8.20. The van der Waals surface area contributed by atoms with E-state index in [9.17, 15) is 5.26 Å². The average molecular weight is 679 g/mol. The van der Waals surface area contributed by atoms with Crippen molar-refractivity contribution < 1.29 is 0 Å². The maximum absolute atomic E-state index is 9.45. The van der Waals surface area contributed by atoms with Gasteiger partial charge in [0.15, 0.2) is 11.6 Å². The second kappa shape index (κ2) is 11.5. The van der Waals surface area contributed by atoms with E-state index in [1.807, 2.05) is 24.3 Å². The van der Waals surface area contributed by atoms with E-state index < -0.39 is 0 Å². The number of hydrogen-bond acceptors (Lipinski definition) is 4. The zero-order chi connectivity index (χ0) is 35.0. The van der Waals surface area contributed by atoms with E-state index in [4.69, 9.17) is 15.0 Å². The quantitative estimate of drug-likeness (QED) is 0.182. The van der Waals surface area contributed by atoms with Crippen molar-refractivity contribution in [2.24, 2.45) is 11.8 Å². The van der Waals surface area contributed by atoms with E-state index in [0.29, 0.717) is 35.0 Å². The summed E-state index contributed by atoms with van der Waals surface area (Å²) in [4.78, 5) is 15.3. The van der Waals surface area contributed by atoms with Crippen LogP contribution in [0.1, 0.15) is 17.8 Å². The number of hydrogen-bond donors (Lipinski definition) is 0. The van der Waals surface area contributed by atoms with Gasteiger partial charge in [0.2, 0.25) is 5.95 Å². The standard InChI is InChI=1S/C47H30N6/c48-28-29-17-19-30(20-18-29)45-49-46(33-22-21-31-25-34(31)26-33)51-47(50-45)53-41-15-7-5-12-38(41)44-36(13-8-16-43(44)53)32-23-24-42-39(27-32)37-11-4-6-14-40(37)52(42)35-9-2-1-3-10-35/h1-24,26-27,31,34H,25H2. The Morgan fingerprint density at radius 3 is 2.08 bits per heavy atom. The van der Waals surface area contributed by atoms with Crippen LogP contribution in [0.5, 0.6) is 0 Å². The molecule has 0 amide bonds. The molecule has 248 valence electrons. The third-order valence-electron chi connectivity index (χ3n) is 10.9. The molecule has 2 aliphatic carbocycles. The number of rotatable bonds is 5. The van der Waals surface area contributed by atoms with Crippen molar-refractivity contribution >= 4 is 49.2 Å². The van der Waals surface area contributed by atoms with E-state index >= 15 is 0 Å². The van der Waals surface area contributed by atoms with Crippen LogP contribution in [0, 0.1) is 23.2 Å². The summed E-state index contributed by atoms with van der Waals surface area (Å²) in [6.07, 6.45) is 7.92. The summed E-state index contributed by atoms with van der Waals surface area (Å²) in [5.74, 6) is 2.96. The van der Waals surface area contributed by atoms with Gasteiger partial charge in [-0.25, -0.2) is 4.98 Å². The van der Waals surface area contributed by atoms with E-state index in [2.05, 4.69) is 149 Å². The van der Waals surface area contributed by atoms with Crippen LogP contribution in [0.4, 0.5) is 0 Å². The number of nitrogens with zero attached hydrogens (tertiary/aromatic N) is 6. The number of aromatic nitrogens is 5. The van der Waals surface area contributed by atoms with Gasteiger partial charge >= 0.3 is 0 Å². The van der Waals surface area contributed by atoms with Gasteiger partial charge in [0.1, 0.15) is 0 Å². The molecule has 11 rings (SSSR count). The molecule has 9 aromatic rings. The summed E-state index contributed by atoms with van der Waals surface area (Å²) in [6.45, 7) is 0. The SMILES string of the molecule is N#Cc1ccc(-c2nc(C3=CC4CC4C=C3)nc(-n3c4ccccc4c4c(-c5ccc6c(c5)c5ccccc5n6-c5ccccc5)cccc43)n2)cc1. The van der Waals surface area contributed by atoms with Gasteiger partial charge in [-0.3, -0.25) is 4.57 Å². The second-order valence-electron chi connectivity index (χ2n) is 14.0. The minimum atomic E-state index is 0.545. The maximum atomic E-state index is 9.45. The predicted octanol–water partition coefficient (Wildman–Crippen LogP) is 10.9. The maximum Gasteiger partial charge on any atom is 0.238 e. The van der Waals surface area contributed by atoms with Crippen molar-refractivity contribution in [3.8, 4) is 40.2 Å². The van der Waals surface area contributed by atoms with Crippen LogP contribution >= 0.6 is 0 Å². The van der Waals surface area contributed by atoms with Crippen molar-refractivity contribution in [2.75, 3.05) is 0 Å². The highest BCUT2D eigenvalue weighted by molar-refractivity contribution is 6.17. The molecular formula is C47H30N6. The van der Waals surface area contributed by atoms with Crippen LogP contribution in [0.25, 0.3) is 83.3 Å². The van der Waals surface area contributed by atoms with Crippen LogP contribution < -0.4 is 0 Å². The van der Waals surface area contributed by atoms with Crippen LogP contribution in [0.3, 0.4) is 0 Å². The number of nitriles is 1. The molecule has 6 aromatic carbocycles. The molecule has 3 aromatic heterocycles.